The van der Waals surface area contributed by atoms with Gasteiger partial charge in [-0.05, 0) is 39.1 Å². The molecule has 1 fully saturated rings. The third kappa shape index (κ3) is 3.98. The molecule has 2 aromatic rings. The Morgan fingerprint density at radius 1 is 1.27 bits per heavy atom. The van der Waals surface area contributed by atoms with E-state index in [0.29, 0.717) is 25.5 Å². The average Bonchev–Trinajstić information content (AvgIpc) is 2.94. The van der Waals surface area contributed by atoms with Gasteiger partial charge in [0, 0.05) is 32.3 Å². The SMILES string of the molecule is CN(C)Cc1nnc(C2CCCN(c3cc(C(F)(F)F)ccn3)C2)n1C. The molecule has 3 heterocycles. The summed E-state index contributed by atoms with van der Waals surface area (Å²) >= 11 is 0. The van der Waals surface area contributed by atoms with Crippen molar-refractivity contribution in [3.05, 3.63) is 35.5 Å². The molecule has 26 heavy (non-hydrogen) atoms. The van der Waals surface area contributed by atoms with Gasteiger partial charge in [0.1, 0.15) is 17.5 Å². The third-order valence-corrected chi connectivity index (χ3v) is 4.64. The fraction of sp³-hybridized carbons (Fsp3) is 0.588. The molecule has 0 bridgehead atoms. The zero-order valence-electron chi connectivity index (χ0n) is 15.2. The Hall–Kier alpha value is -2.16. The molecule has 2 aromatic heterocycles. The summed E-state index contributed by atoms with van der Waals surface area (Å²) in [5.41, 5.74) is -0.670. The number of hydrogen-bond acceptors (Lipinski definition) is 5. The minimum absolute atomic E-state index is 0.119. The molecule has 1 atom stereocenters. The highest BCUT2D eigenvalue weighted by Crippen LogP contribution is 2.33. The van der Waals surface area contributed by atoms with Gasteiger partial charge in [0.2, 0.25) is 0 Å². The number of hydrogen-bond donors (Lipinski definition) is 0. The minimum Gasteiger partial charge on any atom is -0.356 e. The van der Waals surface area contributed by atoms with Crippen LogP contribution in [0.15, 0.2) is 18.3 Å². The summed E-state index contributed by atoms with van der Waals surface area (Å²) < 4.78 is 40.9. The molecule has 1 aliphatic heterocycles. The predicted octanol–water partition coefficient (Wildman–Crippen LogP) is 2.67. The first-order valence-electron chi connectivity index (χ1n) is 8.57. The number of alkyl halides is 3. The lowest BCUT2D eigenvalue weighted by molar-refractivity contribution is -0.137. The van der Waals surface area contributed by atoms with E-state index in [4.69, 9.17) is 0 Å². The highest BCUT2D eigenvalue weighted by atomic mass is 19.4. The molecular formula is C17H23F3N6. The molecule has 9 heteroatoms. The molecule has 3 rings (SSSR count). The molecule has 0 spiro atoms. The largest absolute Gasteiger partial charge is 0.416 e. The zero-order chi connectivity index (χ0) is 18.9. The Morgan fingerprint density at radius 3 is 2.73 bits per heavy atom. The van der Waals surface area contributed by atoms with Crippen LogP contribution in [-0.2, 0) is 19.8 Å². The van der Waals surface area contributed by atoms with Gasteiger partial charge >= 0.3 is 6.18 Å². The monoisotopic (exact) mass is 368 g/mol. The number of rotatable bonds is 4. The van der Waals surface area contributed by atoms with Crippen LogP contribution >= 0.6 is 0 Å². The van der Waals surface area contributed by atoms with E-state index in [1.54, 1.807) is 0 Å². The summed E-state index contributed by atoms with van der Waals surface area (Å²) in [5.74, 6) is 2.23. The average molecular weight is 368 g/mol. The molecule has 1 unspecified atom stereocenters. The van der Waals surface area contributed by atoms with Crippen molar-refractivity contribution in [1.82, 2.24) is 24.6 Å². The topological polar surface area (TPSA) is 50.1 Å². The third-order valence-electron chi connectivity index (χ3n) is 4.64. The van der Waals surface area contributed by atoms with Gasteiger partial charge < -0.3 is 14.4 Å². The van der Waals surface area contributed by atoms with Crippen molar-refractivity contribution in [2.45, 2.75) is 31.5 Å². The van der Waals surface area contributed by atoms with Crippen molar-refractivity contribution in [1.29, 1.82) is 0 Å². The highest BCUT2D eigenvalue weighted by molar-refractivity contribution is 5.43. The van der Waals surface area contributed by atoms with Crippen molar-refractivity contribution >= 4 is 5.82 Å². The maximum atomic E-state index is 13.0. The Kier molecular flexibility index (Phi) is 5.17. The van der Waals surface area contributed by atoms with Gasteiger partial charge in [-0.15, -0.1) is 10.2 Å². The maximum absolute atomic E-state index is 13.0. The number of anilines is 1. The first kappa shape index (κ1) is 18.6. The molecular weight excluding hydrogens is 345 g/mol. The van der Waals surface area contributed by atoms with Gasteiger partial charge in [0.05, 0.1) is 12.1 Å². The van der Waals surface area contributed by atoms with Crippen molar-refractivity contribution < 1.29 is 13.2 Å². The second-order valence-electron chi connectivity index (χ2n) is 6.96. The van der Waals surface area contributed by atoms with E-state index in [2.05, 4.69) is 15.2 Å². The summed E-state index contributed by atoms with van der Waals surface area (Å²) in [6.45, 7) is 1.96. The van der Waals surface area contributed by atoms with Crippen LogP contribution in [0.4, 0.5) is 19.0 Å². The Labute approximate surface area is 150 Å². The van der Waals surface area contributed by atoms with Gasteiger partial charge in [-0.2, -0.15) is 13.2 Å². The second-order valence-corrected chi connectivity index (χ2v) is 6.96. The summed E-state index contributed by atoms with van der Waals surface area (Å²) in [5, 5.41) is 8.60. The highest BCUT2D eigenvalue weighted by Gasteiger charge is 2.32. The van der Waals surface area contributed by atoms with Crippen molar-refractivity contribution in [3.8, 4) is 0 Å². The molecule has 6 nitrogen and oxygen atoms in total. The van der Waals surface area contributed by atoms with E-state index < -0.39 is 11.7 Å². The molecule has 1 saturated heterocycles. The molecule has 142 valence electrons. The van der Waals surface area contributed by atoms with Gasteiger partial charge in [0.15, 0.2) is 0 Å². The fourth-order valence-corrected chi connectivity index (χ4v) is 3.32. The maximum Gasteiger partial charge on any atom is 0.416 e. The Morgan fingerprint density at radius 2 is 2.04 bits per heavy atom. The fourth-order valence-electron chi connectivity index (χ4n) is 3.32. The summed E-state index contributed by atoms with van der Waals surface area (Å²) in [6, 6.07) is 2.12. The van der Waals surface area contributed by atoms with Crippen LogP contribution in [0.5, 0.6) is 0 Å². The van der Waals surface area contributed by atoms with E-state index in [1.807, 2.05) is 35.5 Å². The normalized spacial score (nSPS) is 18.6. The van der Waals surface area contributed by atoms with Crippen molar-refractivity contribution in [3.63, 3.8) is 0 Å². The molecule has 0 aliphatic carbocycles. The first-order chi connectivity index (χ1) is 12.3. The number of aromatic nitrogens is 4. The van der Waals surface area contributed by atoms with Crippen LogP contribution in [0.2, 0.25) is 0 Å². The predicted molar refractivity (Wildman–Crippen MR) is 91.8 cm³/mol. The van der Waals surface area contributed by atoms with Crippen LogP contribution < -0.4 is 4.90 Å². The van der Waals surface area contributed by atoms with E-state index in [-0.39, 0.29) is 5.92 Å². The van der Waals surface area contributed by atoms with Crippen molar-refractivity contribution in [2.75, 3.05) is 32.1 Å². The van der Waals surface area contributed by atoms with Gasteiger partial charge in [-0.25, -0.2) is 4.98 Å². The molecule has 0 aromatic carbocycles. The van der Waals surface area contributed by atoms with E-state index in [9.17, 15) is 13.2 Å². The molecule has 1 aliphatic rings. The van der Waals surface area contributed by atoms with E-state index >= 15 is 0 Å². The quantitative estimate of drug-likeness (QED) is 0.831. The lowest BCUT2D eigenvalue weighted by Crippen LogP contribution is -2.36. The van der Waals surface area contributed by atoms with Gasteiger partial charge in [-0.1, -0.05) is 0 Å². The van der Waals surface area contributed by atoms with Crippen LogP contribution in [-0.4, -0.2) is 51.8 Å². The van der Waals surface area contributed by atoms with Crippen molar-refractivity contribution in [2.24, 2.45) is 7.05 Å². The summed E-state index contributed by atoms with van der Waals surface area (Å²) in [6.07, 6.45) is -1.33. The summed E-state index contributed by atoms with van der Waals surface area (Å²) in [4.78, 5) is 8.08. The van der Waals surface area contributed by atoms with E-state index in [1.165, 1.54) is 6.20 Å². The number of nitrogens with zero attached hydrogens (tertiary/aromatic N) is 6. The zero-order valence-corrected chi connectivity index (χ0v) is 15.2. The standard InChI is InChI=1S/C17H23F3N6/c1-24(2)11-15-22-23-16(25(15)3)12-5-4-8-26(10-12)14-9-13(6-7-21-14)17(18,19)20/h6-7,9,12H,4-5,8,10-11H2,1-3H3. The smallest absolute Gasteiger partial charge is 0.356 e. The number of pyridine rings is 1. The molecule has 0 amide bonds. The molecule has 0 saturated carbocycles. The van der Waals surface area contributed by atoms with Gasteiger partial charge in [0.25, 0.3) is 0 Å². The second kappa shape index (κ2) is 7.22. The van der Waals surface area contributed by atoms with Crippen LogP contribution in [0, 0.1) is 0 Å². The first-order valence-corrected chi connectivity index (χ1v) is 8.57. The molecule has 0 radical (unpaired) electrons. The molecule has 0 N–H and O–H groups in total. The Balaban J connectivity index is 1.79. The number of halogens is 3. The van der Waals surface area contributed by atoms with E-state index in [0.717, 1.165) is 36.6 Å². The lowest BCUT2D eigenvalue weighted by Gasteiger charge is -2.33. The van der Waals surface area contributed by atoms with Gasteiger partial charge in [-0.3, -0.25) is 0 Å². The number of piperidine rings is 1. The Bertz CT molecular complexity index is 755. The lowest BCUT2D eigenvalue weighted by atomic mass is 9.97. The minimum atomic E-state index is -4.36. The summed E-state index contributed by atoms with van der Waals surface area (Å²) in [7, 11) is 5.88. The van der Waals surface area contributed by atoms with Crippen LogP contribution in [0.1, 0.15) is 36.0 Å². The van der Waals surface area contributed by atoms with Crippen LogP contribution in [0.3, 0.4) is 0 Å². The van der Waals surface area contributed by atoms with Crippen LogP contribution in [0.25, 0.3) is 0 Å².